The maximum absolute atomic E-state index is 13.4. The number of benzene rings is 3. The van der Waals surface area contributed by atoms with E-state index < -0.39 is 17.7 Å². The first kappa shape index (κ1) is 26.7. The highest BCUT2D eigenvalue weighted by Crippen LogP contribution is 2.42. The second-order valence-corrected chi connectivity index (χ2v) is 9.36. The van der Waals surface area contributed by atoms with E-state index in [0.717, 1.165) is 16.5 Å². The summed E-state index contributed by atoms with van der Waals surface area (Å²) in [5.41, 5.74) is 2.73. The number of hydrogen-bond acceptors (Lipinski definition) is 7. The summed E-state index contributed by atoms with van der Waals surface area (Å²) in [5.74, 6) is -0.348. The number of phenols is 1. The number of carbonyl (C=O) groups excluding carboxylic acids is 2. The number of phenolic OH excluding ortho intramolecular Hbond substituents is 1. The number of amides is 1. The Kier molecular flexibility index (Phi) is 7.37. The van der Waals surface area contributed by atoms with Gasteiger partial charge in [0.25, 0.3) is 11.7 Å². The van der Waals surface area contributed by atoms with E-state index in [1.165, 1.54) is 18.1 Å². The van der Waals surface area contributed by atoms with Gasteiger partial charge in [0.1, 0.15) is 17.3 Å². The Balaban J connectivity index is 1.58. The Morgan fingerprint density at radius 1 is 0.975 bits per heavy atom. The second kappa shape index (κ2) is 11.1. The molecule has 0 saturated carbocycles. The molecular formula is C31H30N2O7. The van der Waals surface area contributed by atoms with Gasteiger partial charge in [0, 0.05) is 29.2 Å². The first-order valence-corrected chi connectivity index (χ1v) is 12.9. The van der Waals surface area contributed by atoms with Crippen LogP contribution in [0.2, 0.25) is 0 Å². The van der Waals surface area contributed by atoms with Gasteiger partial charge in [-0.1, -0.05) is 6.07 Å². The smallest absolute Gasteiger partial charge is 0.295 e. The number of aromatic nitrogens is 1. The molecule has 5 rings (SSSR count). The fraction of sp³-hybridized carbons (Fsp3) is 0.226. The summed E-state index contributed by atoms with van der Waals surface area (Å²) < 4.78 is 16.1. The molecule has 1 aromatic heterocycles. The molecule has 206 valence electrons. The first-order valence-electron chi connectivity index (χ1n) is 12.9. The number of likely N-dealkylation sites (tertiary alicyclic amines) is 1. The molecule has 3 aromatic carbocycles. The van der Waals surface area contributed by atoms with Gasteiger partial charge < -0.3 is 34.3 Å². The largest absolute Gasteiger partial charge is 0.507 e. The summed E-state index contributed by atoms with van der Waals surface area (Å²) in [5, 5.41) is 22.6. The fourth-order valence-electron chi connectivity index (χ4n) is 5.07. The third-order valence-electron chi connectivity index (χ3n) is 7.10. The van der Waals surface area contributed by atoms with Gasteiger partial charge in [-0.05, 0) is 79.1 Å². The Hall–Kier alpha value is -4.92. The zero-order valence-corrected chi connectivity index (χ0v) is 22.4. The van der Waals surface area contributed by atoms with Gasteiger partial charge in [0.2, 0.25) is 0 Å². The summed E-state index contributed by atoms with van der Waals surface area (Å²) in [6, 6.07) is 16.1. The minimum atomic E-state index is -0.901. The zero-order chi connectivity index (χ0) is 28.4. The van der Waals surface area contributed by atoms with Crippen molar-refractivity contribution in [3.05, 3.63) is 89.1 Å². The summed E-state index contributed by atoms with van der Waals surface area (Å²) >= 11 is 0. The van der Waals surface area contributed by atoms with Gasteiger partial charge in [-0.15, -0.1) is 0 Å². The number of fused-ring (bicyclic) bond motifs is 1. The molecule has 0 radical (unpaired) electrons. The van der Waals surface area contributed by atoms with E-state index in [-0.39, 0.29) is 29.4 Å². The lowest BCUT2D eigenvalue weighted by molar-refractivity contribution is -0.139. The van der Waals surface area contributed by atoms with Gasteiger partial charge in [0.05, 0.1) is 32.4 Å². The van der Waals surface area contributed by atoms with Crippen LogP contribution in [0.25, 0.3) is 16.7 Å². The van der Waals surface area contributed by atoms with Crippen molar-refractivity contribution in [2.24, 2.45) is 0 Å². The van der Waals surface area contributed by atoms with Crippen LogP contribution in [-0.2, 0) is 16.0 Å². The molecule has 9 nitrogen and oxygen atoms in total. The number of Topliss-reactive ketones (excluding diaryl/α,β-unsaturated/α-hetero) is 1. The minimum Gasteiger partial charge on any atom is -0.507 e. The first-order chi connectivity index (χ1) is 19.4. The monoisotopic (exact) mass is 542 g/mol. The van der Waals surface area contributed by atoms with E-state index in [4.69, 9.17) is 14.2 Å². The molecular weight excluding hydrogens is 512 g/mol. The lowest BCUT2D eigenvalue weighted by Gasteiger charge is -2.26. The number of carbonyl (C=O) groups is 2. The molecule has 0 aliphatic carbocycles. The molecule has 1 atom stereocenters. The van der Waals surface area contributed by atoms with Crippen LogP contribution in [-0.4, -0.2) is 59.2 Å². The minimum absolute atomic E-state index is 0.0381. The van der Waals surface area contributed by atoms with Crippen LogP contribution >= 0.6 is 0 Å². The predicted octanol–water partition coefficient (Wildman–Crippen LogP) is 4.95. The average Bonchev–Trinajstić information content (AvgIpc) is 3.50. The highest BCUT2D eigenvalue weighted by molar-refractivity contribution is 6.46. The quantitative estimate of drug-likeness (QED) is 0.155. The summed E-state index contributed by atoms with van der Waals surface area (Å²) in [6.07, 6.45) is 2.32. The summed E-state index contributed by atoms with van der Waals surface area (Å²) in [6.45, 7) is 2.30. The number of ether oxygens (including phenoxy) is 3. The molecule has 0 spiro atoms. The van der Waals surface area contributed by atoms with Crippen LogP contribution < -0.4 is 14.2 Å². The van der Waals surface area contributed by atoms with Gasteiger partial charge in [-0.3, -0.25) is 9.59 Å². The molecule has 1 aliphatic heterocycles. The SMILES string of the molecule is CCOc1cc([C@@H]2C(=C(O)c3ccc(OC)cc3)C(=O)C(=O)N2CCc2c[nH]c3ccc(OC)cc23)ccc1O. The molecule has 40 heavy (non-hydrogen) atoms. The highest BCUT2D eigenvalue weighted by atomic mass is 16.5. The van der Waals surface area contributed by atoms with Crippen LogP contribution in [0.3, 0.4) is 0 Å². The van der Waals surface area contributed by atoms with E-state index in [1.807, 2.05) is 24.4 Å². The van der Waals surface area contributed by atoms with Crippen molar-refractivity contribution in [3.8, 4) is 23.0 Å². The number of ketones is 1. The molecule has 1 aliphatic rings. The van der Waals surface area contributed by atoms with E-state index in [0.29, 0.717) is 35.7 Å². The lowest BCUT2D eigenvalue weighted by atomic mass is 9.94. The standard InChI is InChI=1S/C31H30N2O7/c1-4-40-26-15-19(7-12-25(26)34)28-27(29(35)18-5-8-21(38-2)9-6-18)30(36)31(37)33(28)14-13-20-17-32-24-11-10-22(39-3)16-23(20)24/h5-12,15-17,28,32,34-35H,4,13-14H2,1-3H3/t28-/m1/s1. The van der Waals surface area contributed by atoms with Gasteiger partial charge >= 0.3 is 0 Å². The van der Waals surface area contributed by atoms with Gasteiger partial charge in [-0.2, -0.15) is 0 Å². The Morgan fingerprint density at radius 3 is 2.40 bits per heavy atom. The summed E-state index contributed by atoms with van der Waals surface area (Å²) in [7, 11) is 3.13. The maximum Gasteiger partial charge on any atom is 0.295 e. The maximum atomic E-state index is 13.4. The number of methoxy groups -OCH3 is 2. The third-order valence-corrected chi connectivity index (χ3v) is 7.10. The van der Waals surface area contributed by atoms with E-state index in [9.17, 15) is 19.8 Å². The van der Waals surface area contributed by atoms with E-state index >= 15 is 0 Å². The van der Waals surface area contributed by atoms with E-state index in [1.54, 1.807) is 50.4 Å². The Bertz CT molecular complexity index is 1600. The van der Waals surface area contributed by atoms with Gasteiger partial charge in [0.15, 0.2) is 11.5 Å². The van der Waals surface area contributed by atoms with Crippen LogP contribution in [0.4, 0.5) is 0 Å². The number of aliphatic hydroxyl groups excluding tert-OH is 1. The van der Waals surface area contributed by atoms with Crippen molar-refractivity contribution >= 4 is 28.4 Å². The number of rotatable bonds is 9. The summed E-state index contributed by atoms with van der Waals surface area (Å²) in [4.78, 5) is 31.6. The zero-order valence-electron chi connectivity index (χ0n) is 22.4. The molecule has 1 amide bonds. The molecule has 3 N–H and O–H groups in total. The van der Waals surface area contributed by atoms with E-state index in [2.05, 4.69) is 4.98 Å². The fourth-order valence-corrected chi connectivity index (χ4v) is 5.07. The van der Waals surface area contributed by atoms with Crippen molar-refractivity contribution < 1.29 is 34.0 Å². The molecule has 1 saturated heterocycles. The van der Waals surface area contributed by atoms with Crippen LogP contribution in [0.5, 0.6) is 23.0 Å². The van der Waals surface area contributed by atoms with Crippen molar-refractivity contribution in [1.82, 2.24) is 9.88 Å². The van der Waals surface area contributed by atoms with Crippen LogP contribution in [0.1, 0.15) is 29.7 Å². The molecule has 9 heteroatoms. The third kappa shape index (κ3) is 4.82. The lowest BCUT2D eigenvalue weighted by Crippen LogP contribution is -2.31. The number of aliphatic hydroxyl groups is 1. The molecule has 2 heterocycles. The average molecular weight is 543 g/mol. The molecule has 4 aromatic rings. The normalized spacial score (nSPS) is 16.5. The van der Waals surface area contributed by atoms with Crippen LogP contribution in [0.15, 0.2) is 72.4 Å². The molecule has 0 unspecified atom stereocenters. The number of H-pyrrole nitrogens is 1. The number of aromatic hydroxyl groups is 1. The van der Waals surface area contributed by atoms with Crippen molar-refractivity contribution in [3.63, 3.8) is 0 Å². The number of hydrogen-bond donors (Lipinski definition) is 3. The van der Waals surface area contributed by atoms with Crippen molar-refractivity contribution in [1.29, 1.82) is 0 Å². The van der Waals surface area contributed by atoms with Crippen molar-refractivity contribution in [2.45, 2.75) is 19.4 Å². The number of nitrogens with zero attached hydrogens (tertiary/aromatic N) is 1. The van der Waals surface area contributed by atoms with Crippen molar-refractivity contribution in [2.75, 3.05) is 27.4 Å². The molecule has 1 fully saturated rings. The highest BCUT2D eigenvalue weighted by Gasteiger charge is 2.46. The molecule has 0 bridgehead atoms. The van der Waals surface area contributed by atoms with Crippen LogP contribution in [0, 0.1) is 0 Å². The number of nitrogens with one attached hydrogen (secondary N) is 1. The number of aromatic amines is 1. The topological polar surface area (TPSA) is 121 Å². The Labute approximate surface area is 231 Å². The second-order valence-electron chi connectivity index (χ2n) is 9.36. The van der Waals surface area contributed by atoms with Gasteiger partial charge in [-0.25, -0.2) is 0 Å². The predicted molar refractivity (Wildman–Crippen MR) is 150 cm³/mol. The Morgan fingerprint density at radius 2 is 1.70 bits per heavy atom.